The summed E-state index contributed by atoms with van der Waals surface area (Å²) in [6.07, 6.45) is 8.66. The largest absolute Gasteiger partial charge is 0.393 e. The average Bonchev–Trinajstić information content (AvgIpc) is 2.29. The predicted molar refractivity (Wildman–Crippen MR) is 65.3 cm³/mol. The Labute approximate surface area is 99.4 Å². The Hall–Kier alpha value is -0.0800. The third kappa shape index (κ3) is 2.60. The number of aliphatic hydroxyl groups is 1. The Kier molecular flexibility index (Phi) is 3.91. The van der Waals surface area contributed by atoms with E-state index in [0.717, 1.165) is 13.0 Å². The molecule has 2 aliphatic rings. The zero-order valence-electron chi connectivity index (χ0n) is 10.7. The minimum absolute atomic E-state index is 0.177. The number of aliphatic hydroxyl groups excluding tert-OH is 1. The second-order valence-electron chi connectivity index (χ2n) is 5.94. The van der Waals surface area contributed by atoms with Crippen LogP contribution in [0.5, 0.6) is 0 Å². The standard InChI is InChI=1S/C14H26O2/c1-11(12(2)15)13-6-9-16-14(10-13)7-4-3-5-8-14/h11-13,15H,3-10H2,1-2H3. The second kappa shape index (κ2) is 5.05. The molecule has 2 rings (SSSR count). The lowest BCUT2D eigenvalue weighted by Crippen LogP contribution is -2.44. The van der Waals surface area contributed by atoms with Gasteiger partial charge in [-0.1, -0.05) is 26.2 Å². The number of hydrogen-bond acceptors (Lipinski definition) is 2. The molecule has 1 aliphatic heterocycles. The van der Waals surface area contributed by atoms with E-state index >= 15 is 0 Å². The van der Waals surface area contributed by atoms with Gasteiger partial charge < -0.3 is 9.84 Å². The van der Waals surface area contributed by atoms with E-state index in [4.69, 9.17) is 4.74 Å². The first-order valence-corrected chi connectivity index (χ1v) is 6.95. The Balaban J connectivity index is 1.97. The Morgan fingerprint density at radius 1 is 1.19 bits per heavy atom. The van der Waals surface area contributed by atoms with Crippen molar-refractivity contribution in [1.82, 2.24) is 0 Å². The van der Waals surface area contributed by atoms with Gasteiger partial charge in [0.25, 0.3) is 0 Å². The molecule has 3 atom stereocenters. The Morgan fingerprint density at radius 2 is 1.88 bits per heavy atom. The van der Waals surface area contributed by atoms with Gasteiger partial charge in [-0.3, -0.25) is 0 Å². The molecule has 0 radical (unpaired) electrons. The summed E-state index contributed by atoms with van der Waals surface area (Å²) in [6.45, 7) is 5.02. The molecule has 0 aromatic rings. The van der Waals surface area contributed by atoms with Crippen LogP contribution in [0.25, 0.3) is 0 Å². The molecule has 1 saturated carbocycles. The summed E-state index contributed by atoms with van der Waals surface area (Å²) in [7, 11) is 0. The van der Waals surface area contributed by atoms with Crippen LogP contribution in [-0.4, -0.2) is 23.4 Å². The fourth-order valence-corrected chi connectivity index (χ4v) is 3.45. The van der Waals surface area contributed by atoms with Crippen molar-refractivity contribution in [2.24, 2.45) is 11.8 Å². The highest BCUT2D eigenvalue weighted by Gasteiger charge is 2.40. The summed E-state index contributed by atoms with van der Waals surface area (Å²) in [4.78, 5) is 0. The SMILES string of the molecule is CC(O)C(C)C1CCOC2(CCCCC2)C1. The topological polar surface area (TPSA) is 29.5 Å². The highest BCUT2D eigenvalue weighted by atomic mass is 16.5. The van der Waals surface area contributed by atoms with E-state index in [-0.39, 0.29) is 11.7 Å². The fraction of sp³-hybridized carbons (Fsp3) is 1.00. The molecule has 16 heavy (non-hydrogen) atoms. The monoisotopic (exact) mass is 226 g/mol. The maximum atomic E-state index is 9.72. The molecular weight excluding hydrogens is 200 g/mol. The molecule has 2 nitrogen and oxygen atoms in total. The van der Waals surface area contributed by atoms with Gasteiger partial charge in [0.05, 0.1) is 11.7 Å². The lowest BCUT2D eigenvalue weighted by molar-refractivity contribution is -0.129. The number of rotatable bonds is 2. The smallest absolute Gasteiger partial charge is 0.0685 e. The van der Waals surface area contributed by atoms with Gasteiger partial charge in [0, 0.05) is 6.61 Å². The van der Waals surface area contributed by atoms with E-state index in [0.29, 0.717) is 11.8 Å². The second-order valence-corrected chi connectivity index (χ2v) is 5.94. The number of ether oxygens (including phenoxy) is 1. The van der Waals surface area contributed by atoms with E-state index in [1.807, 2.05) is 6.92 Å². The van der Waals surface area contributed by atoms with Crippen LogP contribution in [0.4, 0.5) is 0 Å². The summed E-state index contributed by atoms with van der Waals surface area (Å²) in [5, 5.41) is 9.72. The van der Waals surface area contributed by atoms with Crippen molar-refractivity contribution in [2.75, 3.05) is 6.61 Å². The van der Waals surface area contributed by atoms with E-state index in [9.17, 15) is 5.11 Å². The Bertz CT molecular complexity index is 213. The van der Waals surface area contributed by atoms with E-state index < -0.39 is 0 Å². The molecule has 1 aliphatic carbocycles. The number of hydrogen-bond donors (Lipinski definition) is 1. The molecule has 1 saturated heterocycles. The maximum Gasteiger partial charge on any atom is 0.0685 e. The molecule has 1 N–H and O–H groups in total. The first kappa shape index (κ1) is 12.4. The molecule has 2 fully saturated rings. The predicted octanol–water partition coefficient (Wildman–Crippen LogP) is 3.13. The lowest BCUT2D eigenvalue weighted by Gasteiger charge is -2.45. The van der Waals surface area contributed by atoms with Crippen LogP contribution < -0.4 is 0 Å². The summed E-state index contributed by atoms with van der Waals surface area (Å²) < 4.78 is 6.08. The van der Waals surface area contributed by atoms with Crippen LogP contribution in [0.15, 0.2) is 0 Å². The summed E-state index contributed by atoms with van der Waals surface area (Å²) in [5.41, 5.74) is 0.185. The van der Waals surface area contributed by atoms with E-state index in [1.165, 1.54) is 38.5 Å². The maximum absolute atomic E-state index is 9.72. The minimum atomic E-state index is -0.177. The van der Waals surface area contributed by atoms with Gasteiger partial charge in [0.2, 0.25) is 0 Å². The van der Waals surface area contributed by atoms with Crippen molar-refractivity contribution in [3.05, 3.63) is 0 Å². The van der Waals surface area contributed by atoms with Crippen molar-refractivity contribution in [3.8, 4) is 0 Å². The fourth-order valence-electron chi connectivity index (χ4n) is 3.45. The van der Waals surface area contributed by atoms with Gasteiger partial charge in [-0.15, -0.1) is 0 Å². The van der Waals surface area contributed by atoms with Gasteiger partial charge in [0.15, 0.2) is 0 Å². The van der Waals surface area contributed by atoms with Gasteiger partial charge >= 0.3 is 0 Å². The Morgan fingerprint density at radius 3 is 2.50 bits per heavy atom. The molecule has 1 heterocycles. The van der Waals surface area contributed by atoms with Crippen LogP contribution in [0.3, 0.4) is 0 Å². The van der Waals surface area contributed by atoms with Crippen molar-refractivity contribution in [2.45, 2.75) is 70.5 Å². The van der Waals surface area contributed by atoms with Crippen LogP contribution in [0.2, 0.25) is 0 Å². The van der Waals surface area contributed by atoms with Gasteiger partial charge in [-0.2, -0.15) is 0 Å². The highest BCUT2D eigenvalue weighted by Crippen LogP contribution is 2.43. The van der Waals surface area contributed by atoms with Gasteiger partial charge in [-0.25, -0.2) is 0 Å². The van der Waals surface area contributed by atoms with E-state index in [2.05, 4.69) is 6.92 Å². The quantitative estimate of drug-likeness (QED) is 0.784. The first-order valence-electron chi connectivity index (χ1n) is 6.95. The first-order chi connectivity index (χ1) is 7.63. The average molecular weight is 226 g/mol. The van der Waals surface area contributed by atoms with Crippen molar-refractivity contribution in [3.63, 3.8) is 0 Å². The van der Waals surface area contributed by atoms with Gasteiger partial charge in [-0.05, 0) is 44.4 Å². The van der Waals surface area contributed by atoms with Crippen LogP contribution in [0, 0.1) is 11.8 Å². The lowest BCUT2D eigenvalue weighted by atomic mass is 9.72. The molecule has 1 spiro atoms. The van der Waals surface area contributed by atoms with Crippen LogP contribution in [-0.2, 0) is 4.74 Å². The molecule has 0 aromatic carbocycles. The summed E-state index contributed by atoms with van der Waals surface area (Å²) >= 11 is 0. The third-order valence-electron chi connectivity index (χ3n) is 4.80. The van der Waals surface area contributed by atoms with Crippen LogP contribution in [0.1, 0.15) is 58.8 Å². The molecule has 0 amide bonds. The van der Waals surface area contributed by atoms with Gasteiger partial charge in [0.1, 0.15) is 0 Å². The van der Waals surface area contributed by atoms with Crippen LogP contribution >= 0.6 is 0 Å². The molecular formula is C14H26O2. The normalized spacial score (nSPS) is 33.6. The van der Waals surface area contributed by atoms with Crippen molar-refractivity contribution >= 4 is 0 Å². The minimum Gasteiger partial charge on any atom is -0.393 e. The van der Waals surface area contributed by atoms with E-state index in [1.54, 1.807) is 0 Å². The molecule has 3 unspecified atom stereocenters. The molecule has 0 aromatic heterocycles. The van der Waals surface area contributed by atoms with Crippen molar-refractivity contribution in [1.29, 1.82) is 0 Å². The summed E-state index contributed by atoms with van der Waals surface area (Å²) in [5.74, 6) is 1.08. The molecule has 0 bridgehead atoms. The highest BCUT2D eigenvalue weighted by molar-refractivity contribution is 4.91. The zero-order chi connectivity index (χ0) is 11.6. The third-order valence-corrected chi connectivity index (χ3v) is 4.80. The zero-order valence-corrected chi connectivity index (χ0v) is 10.7. The molecule has 94 valence electrons. The molecule has 2 heteroatoms. The summed E-state index contributed by atoms with van der Waals surface area (Å²) in [6, 6.07) is 0. The van der Waals surface area contributed by atoms with Crippen molar-refractivity contribution < 1.29 is 9.84 Å².